The van der Waals surface area contributed by atoms with E-state index in [1.54, 1.807) is 66.7 Å². The minimum absolute atomic E-state index is 0.157. The fraction of sp³-hybridized carbons (Fsp3) is 0.571. The van der Waals surface area contributed by atoms with E-state index in [0.29, 0.717) is 17.7 Å². The highest BCUT2D eigenvalue weighted by Gasteiger charge is 2.51. The number of terminal acetylenes is 1. The Labute approximate surface area is 277 Å². The maximum Gasteiger partial charge on any atom is 0.316 e. The van der Waals surface area contributed by atoms with Crippen molar-refractivity contribution in [2.45, 2.75) is 98.3 Å². The first-order valence-corrected chi connectivity index (χ1v) is 15.9. The first-order chi connectivity index (χ1) is 21.8. The third-order valence-electron chi connectivity index (χ3n) is 8.95. The van der Waals surface area contributed by atoms with Crippen molar-refractivity contribution in [1.29, 1.82) is 0 Å². The van der Waals surface area contributed by atoms with E-state index in [0.717, 1.165) is 12.8 Å². The zero-order valence-corrected chi connectivity index (χ0v) is 28.4. The van der Waals surface area contributed by atoms with Gasteiger partial charge in [-0.2, -0.15) is 0 Å². The van der Waals surface area contributed by atoms with Crippen LogP contribution in [0.4, 0.5) is 4.79 Å². The maximum absolute atomic E-state index is 14.3. The first-order valence-electron chi connectivity index (χ1n) is 15.9. The zero-order chi connectivity index (χ0) is 35.4. The molecule has 0 radical (unpaired) electrons. The summed E-state index contributed by atoms with van der Waals surface area (Å²) in [7, 11) is 0. The summed E-state index contributed by atoms with van der Waals surface area (Å²) < 4.78 is 0. The van der Waals surface area contributed by atoms with Crippen molar-refractivity contribution in [3.05, 3.63) is 41.7 Å². The van der Waals surface area contributed by atoms with Crippen LogP contribution in [0.2, 0.25) is 0 Å². The van der Waals surface area contributed by atoms with Crippen LogP contribution >= 0.6 is 0 Å². The molecule has 12 nitrogen and oxygen atoms in total. The number of Topliss-reactive ketones (excluding diaryl/α,β-unsaturated/α-hetero) is 2. The topological polar surface area (TPSA) is 181 Å². The third kappa shape index (κ3) is 9.05. The molecule has 2 heterocycles. The summed E-state index contributed by atoms with van der Waals surface area (Å²) in [5.41, 5.74) is 4.79. The lowest BCUT2D eigenvalue weighted by atomic mass is 9.75. The van der Waals surface area contributed by atoms with Gasteiger partial charge in [0.05, 0.1) is 6.04 Å². The Kier molecular flexibility index (Phi) is 11.4. The number of hydrogen-bond donors (Lipinski definition) is 4. The maximum atomic E-state index is 14.3. The Morgan fingerprint density at radius 2 is 1.70 bits per heavy atom. The average molecular weight is 649 g/mol. The normalized spacial score (nSPS) is 19.8. The highest BCUT2D eigenvalue weighted by molar-refractivity contribution is 6.37. The molecular weight excluding hydrogens is 600 g/mol. The first kappa shape index (κ1) is 36.9. The largest absolute Gasteiger partial charge is 0.363 e. The molecule has 0 aromatic carbocycles. The number of carbonyl (C=O) groups excluding carboxylic acids is 6. The molecule has 0 spiro atoms. The van der Waals surface area contributed by atoms with Gasteiger partial charge in [-0.3, -0.25) is 24.0 Å². The van der Waals surface area contributed by atoms with Crippen LogP contribution in [0.1, 0.15) is 83.4 Å². The molecule has 5 amide bonds. The summed E-state index contributed by atoms with van der Waals surface area (Å²) in [4.78, 5) is 85.1. The summed E-state index contributed by atoms with van der Waals surface area (Å²) in [6, 6.07) is -0.278. The van der Waals surface area contributed by atoms with Gasteiger partial charge in [-0.05, 0) is 64.0 Å². The molecule has 1 saturated carbocycles. The number of nitrogens with two attached hydrogens (primary N) is 1. The van der Waals surface area contributed by atoms with E-state index >= 15 is 0 Å². The molecule has 2 fully saturated rings. The van der Waals surface area contributed by atoms with E-state index in [2.05, 4.69) is 33.4 Å². The van der Waals surface area contributed by atoms with Crippen molar-refractivity contribution in [1.82, 2.24) is 25.8 Å². The number of urea groups is 1. The van der Waals surface area contributed by atoms with Gasteiger partial charge in [-0.1, -0.05) is 51.8 Å². The average Bonchev–Trinajstić information content (AvgIpc) is 3.69. The number of pyridine rings is 1. The molecule has 2 aliphatic rings. The van der Waals surface area contributed by atoms with E-state index < -0.39 is 76.2 Å². The van der Waals surface area contributed by atoms with Gasteiger partial charge in [0.15, 0.2) is 0 Å². The predicted molar refractivity (Wildman–Crippen MR) is 177 cm³/mol. The Morgan fingerprint density at radius 1 is 1.06 bits per heavy atom. The van der Waals surface area contributed by atoms with Crippen LogP contribution in [0, 0.1) is 41.9 Å². The zero-order valence-electron chi connectivity index (χ0n) is 28.4. The minimum atomic E-state index is -1.15. The number of ketones is 2. The molecule has 1 aromatic heterocycles. The number of aromatic nitrogens is 1. The lowest BCUT2D eigenvalue weighted by Crippen LogP contribution is -2.62. The number of amides is 5. The molecule has 47 heavy (non-hydrogen) atoms. The van der Waals surface area contributed by atoms with E-state index in [1.165, 1.54) is 4.90 Å². The van der Waals surface area contributed by atoms with Crippen molar-refractivity contribution in [2.75, 3.05) is 6.54 Å². The van der Waals surface area contributed by atoms with E-state index in [1.807, 2.05) is 0 Å². The summed E-state index contributed by atoms with van der Waals surface area (Å²) in [5.74, 6) is -1.25. The number of nitrogens with one attached hydrogen (secondary N) is 3. The fourth-order valence-corrected chi connectivity index (χ4v) is 5.93. The molecule has 1 unspecified atom stereocenters. The van der Waals surface area contributed by atoms with Gasteiger partial charge < -0.3 is 26.6 Å². The SMILES string of the molecule is C#CC(C)(C)[C@H]1CCN(C(=O)[C@@H](NC(=O)N[C@@H](C(=C)C)C(=O)c2cccc(C)n2)C(C)(C)C)[C@@H]1C(=O)NC(CC1CC1)C(=O)C(N)=O. The third-order valence-corrected chi connectivity index (χ3v) is 8.95. The van der Waals surface area contributed by atoms with Crippen molar-refractivity contribution in [3.63, 3.8) is 0 Å². The number of primary amides is 1. The molecule has 0 bridgehead atoms. The standard InChI is InChI=1S/C35H48N6O6/c1-10-35(8,9)22-16-17-41(26(22)31(45)38-24(18-21-14-15-21)28(43)30(36)44)32(46)29(34(5,6)7)40-33(47)39-25(19(2)3)27(42)23-13-11-12-20(4)37-23/h1,11-13,21-22,24-26,29H,2,14-18H2,3-9H3,(H2,36,44)(H,38,45)(H2,39,40,47)/t22-,24?,25-,26-,29+/m0/s1. The smallest absolute Gasteiger partial charge is 0.316 e. The number of nitrogens with zero attached hydrogens (tertiary/aromatic N) is 2. The van der Waals surface area contributed by atoms with Gasteiger partial charge in [0.1, 0.15) is 23.8 Å². The van der Waals surface area contributed by atoms with Gasteiger partial charge in [0, 0.05) is 23.6 Å². The monoisotopic (exact) mass is 648 g/mol. The molecule has 1 saturated heterocycles. The Hall–Kier alpha value is -4.53. The van der Waals surface area contributed by atoms with Crippen molar-refractivity contribution >= 4 is 35.3 Å². The minimum Gasteiger partial charge on any atom is -0.363 e. The van der Waals surface area contributed by atoms with Crippen molar-refractivity contribution < 1.29 is 28.8 Å². The Balaban J connectivity index is 1.90. The highest BCUT2D eigenvalue weighted by atomic mass is 16.2. The summed E-state index contributed by atoms with van der Waals surface area (Å²) >= 11 is 0. The molecule has 254 valence electrons. The number of hydrogen-bond acceptors (Lipinski definition) is 7. The van der Waals surface area contributed by atoms with Crippen LogP contribution in [0.5, 0.6) is 0 Å². The van der Waals surface area contributed by atoms with Crippen LogP contribution in [-0.4, -0.2) is 75.9 Å². The molecule has 1 aromatic rings. The van der Waals surface area contributed by atoms with Gasteiger partial charge in [0.25, 0.3) is 5.91 Å². The predicted octanol–water partition coefficient (Wildman–Crippen LogP) is 2.45. The summed E-state index contributed by atoms with van der Waals surface area (Å²) in [6.07, 6.45) is 8.27. The molecule has 3 rings (SSSR count). The van der Waals surface area contributed by atoms with Gasteiger partial charge in [-0.25, -0.2) is 9.78 Å². The van der Waals surface area contributed by atoms with Crippen LogP contribution < -0.4 is 21.7 Å². The van der Waals surface area contributed by atoms with Crippen LogP contribution in [0.3, 0.4) is 0 Å². The Bertz CT molecular complexity index is 1480. The molecular formula is C35H48N6O6. The molecule has 5 atom stereocenters. The number of likely N-dealkylation sites (tertiary alicyclic amines) is 1. The number of carbonyl (C=O) groups is 6. The van der Waals surface area contributed by atoms with Crippen LogP contribution in [0.15, 0.2) is 30.4 Å². The highest BCUT2D eigenvalue weighted by Crippen LogP contribution is 2.40. The second-order valence-electron chi connectivity index (χ2n) is 14.4. The lowest BCUT2D eigenvalue weighted by molar-refractivity contribution is -0.144. The summed E-state index contributed by atoms with van der Waals surface area (Å²) in [6.45, 7) is 16.3. The molecule has 5 N–H and O–H groups in total. The van der Waals surface area contributed by atoms with Gasteiger partial charge in [0.2, 0.25) is 23.4 Å². The van der Waals surface area contributed by atoms with Gasteiger partial charge in [-0.15, -0.1) is 12.3 Å². The second-order valence-corrected chi connectivity index (χ2v) is 14.4. The van der Waals surface area contributed by atoms with Crippen LogP contribution in [0.25, 0.3) is 0 Å². The Morgan fingerprint density at radius 3 is 2.21 bits per heavy atom. The molecule has 12 heteroatoms. The fourth-order valence-electron chi connectivity index (χ4n) is 5.93. The number of aryl methyl sites for hydroxylation is 1. The van der Waals surface area contributed by atoms with Crippen LogP contribution in [-0.2, 0) is 19.2 Å². The van der Waals surface area contributed by atoms with E-state index in [-0.39, 0.29) is 24.6 Å². The van der Waals surface area contributed by atoms with Gasteiger partial charge >= 0.3 is 6.03 Å². The number of rotatable bonds is 13. The lowest BCUT2D eigenvalue weighted by Gasteiger charge is -2.38. The molecule has 1 aliphatic carbocycles. The summed E-state index contributed by atoms with van der Waals surface area (Å²) in [5, 5.41) is 8.07. The van der Waals surface area contributed by atoms with E-state index in [9.17, 15) is 28.8 Å². The van der Waals surface area contributed by atoms with Crippen molar-refractivity contribution in [2.24, 2.45) is 28.4 Å². The van der Waals surface area contributed by atoms with Crippen molar-refractivity contribution in [3.8, 4) is 12.3 Å². The molecule has 1 aliphatic heterocycles. The second kappa shape index (κ2) is 14.5. The van der Waals surface area contributed by atoms with E-state index in [4.69, 9.17) is 12.2 Å². The quantitative estimate of drug-likeness (QED) is 0.110.